The summed E-state index contributed by atoms with van der Waals surface area (Å²) < 4.78 is 2.11. The Hall–Kier alpha value is -1.42. The Bertz CT molecular complexity index is 501. The number of hydrogen-bond donors (Lipinski definition) is 1. The maximum atomic E-state index is 5.87. The van der Waals surface area contributed by atoms with Crippen LogP contribution in [-0.4, -0.2) is 21.1 Å². The van der Waals surface area contributed by atoms with Gasteiger partial charge in [-0.2, -0.15) is 0 Å². The van der Waals surface area contributed by atoms with Gasteiger partial charge in [-0.25, -0.2) is 4.98 Å². The second-order valence-corrected chi connectivity index (χ2v) is 4.96. The highest BCUT2D eigenvalue weighted by Crippen LogP contribution is 2.24. The molecule has 0 aromatic carbocycles. The van der Waals surface area contributed by atoms with Gasteiger partial charge in [0, 0.05) is 25.7 Å². The molecule has 0 spiro atoms. The van der Waals surface area contributed by atoms with Crippen LogP contribution < -0.4 is 5.73 Å². The lowest BCUT2D eigenvalue weighted by atomic mass is 9.96. The second-order valence-electron chi connectivity index (χ2n) is 4.96. The molecule has 1 atom stereocenters. The molecule has 0 fully saturated rings. The van der Waals surface area contributed by atoms with Crippen molar-refractivity contribution in [3.05, 3.63) is 24.3 Å². The lowest BCUT2D eigenvalue weighted by molar-refractivity contribution is 0.480. The minimum atomic E-state index is 0.326. The fourth-order valence-electron chi connectivity index (χ4n) is 2.29. The quantitative estimate of drug-likeness (QED) is 0.877. The van der Waals surface area contributed by atoms with Crippen molar-refractivity contribution in [1.29, 1.82) is 0 Å². The molecular weight excluding hydrogens is 212 g/mol. The number of imidazole rings is 1. The van der Waals surface area contributed by atoms with Crippen LogP contribution in [0.1, 0.15) is 32.0 Å². The molecule has 0 aliphatic rings. The summed E-state index contributed by atoms with van der Waals surface area (Å²) in [6, 6.07) is 1.95. The van der Waals surface area contributed by atoms with Crippen LogP contribution in [0.25, 0.3) is 11.0 Å². The van der Waals surface area contributed by atoms with E-state index in [0.717, 1.165) is 23.3 Å². The molecule has 0 radical (unpaired) electrons. The third-order valence-corrected chi connectivity index (χ3v) is 3.12. The van der Waals surface area contributed by atoms with Crippen molar-refractivity contribution in [2.75, 3.05) is 6.54 Å². The van der Waals surface area contributed by atoms with E-state index in [4.69, 9.17) is 5.73 Å². The van der Waals surface area contributed by atoms with Gasteiger partial charge in [-0.15, -0.1) is 0 Å². The van der Waals surface area contributed by atoms with E-state index in [9.17, 15) is 0 Å². The molecule has 92 valence electrons. The fourth-order valence-corrected chi connectivity index (χ4v) is 2.29. The van der Waals surface area contributed by atoms with E-state index in [0.29, 0.717) is 18.4 Å². The van der Waals surface area contributed by atoms with E-state index in [1.165, 1.54) is 0 Å². The lowest BCUT2D eigenvalue weighted by Gasteiger charge is -2.16. The number of nitrogens with zero attached hydrogens (tertiary/aromatic N) is 3. The number of rotatable bonds is 4. The summed E-state index contributed by atoms with van der Waals surface area (Å²) in [5.41, 5.74) is 7.95. The first-order chi connectivity index (χ1) is 8.13. The summed E-state index contributed by atoms with van der Waals surface area (Å²) in [5, 5.41) is 0. The summed E-state index contributed by atoms with van der Waals surface area (Å²) in [4.78, 5) is 8.82. The predicted molar refractivity (Wildman–Crippen MR) is 69.8 cm³/mol. The topological polar surface area (TPSA) is 56.7 Å². The standard InChI is InChI=1S/C13H20N4/c1-9(2)6-10(7-14)13-16-11-4-5-15-8-12(11)17(13)3/h4-5,8-10H,6-7,14H2,1-3H3. The third kappa shape index (κ3) is 2.31. The zero-order valence-corrected chi connectivity index (χ0v) is 10.7. The molecule has 0 amide bonds. The zero-order valence-electron chi connectivity index (χ0n) is 10.7. The first-order valence-electron chi connectivity index (χ1n) is 6.10. The Morgan fingerprint density at radius 1 is 1.41 bits per heavy atom. The van der Waals surface area contributed by atoms with E-state index < -0.39 is 0 Å². The molecule has 0 saturated carbocycles. The monoisotopic (exact) mass is 232 g/mol. The summed E-state index contributed by atoms with van der Waals surface area (Å²) in [6.45, 7) is 5.07. The van der Waals surface area contributed by atoms with Gasteiger partial charge in [-0.1, -0.05) is 13.8 Å². The Labute approximate surface area is 102 Å². The van der Waals surface area contributed by atoms with Gasteiger partial charge < -0.3 is 10.3 Å². The molecule has 2 heterocycles. The number of aryl methyl sites for hydroxylation is 1. The molecule has 0 bridgehead atoms. The zero-order chi connectivity index (χ0) is 12.4. The van der Waals surface area contributed by atoms with Crippen LogP contribution in [0.5, 0.6) is 0 Å². The highest BCUT2D eigenvalue weighted by molar-refractivity contribution is 5.74. The van der Waals surface area contributed by atoms with Crippen LogP contribution in [0.2, 0.25) is 0 Å². The lowest BCUT2D eigenvalue weighted by Crippen LogP contribution is -2.18. The van der Waals surface area contributed by atoms with Gasteiger partial charge in [-0.3, -0.25) is 4.98 Å². The molecule has 4 heteroatoms. The van der Waals surface area contributed by atoms with Crippen molar-refractivity contribution in [2.45, 2.75) is 26.2 Å². The molecule has 2 N–H and O–H groups in total. The predicted octanol–water partition coefficient (Wildman–Crippen LogP) is 2.06. The van der Waals surface area contributed by atoms with Crippen LogP contribution in [-0.2, 0) is 7.05 Å². The molecule has 0 aliphatic heterocycles. The molecule has 1 unspecified atom stereocenters. The van der Waals surface area contributed by atoms with Crippen molar-refractivity contribution < 1.29 is 0 Å². The Morgan fingerprint density at radius 2 is 2.18 bits per heavy atom. The maximum absolute atomic E-state index is 5.87. The van der Waals surface area contributed by atoms with Crippen LogP contribution in [0, 0.1) is 5.92 Å². The van der Waals surface area contributed by atoms with Gasteiger partial charge in [0.2, 0.25) is 0 Å². The van der Waals surface area contributed by atoms with Gasteiger partial charge in [0.15, 0.2) is 0 Å². The normalized spacial score (nSPS) is 13.5. The molecule has 4 nitrogen and oxygen atoms in total. The number of fused-ring (bicyclic) bond motifs is 1. The number of pyridine rings is 1. The van der Waals surface area contributed by atoms with Crippen molar-refractivity contribution in [3.8, 4) is 0 Å². The van der Waals surface area contributed by atoms with Crippen molar-refractivity contribution in [2.24, 2.45) is 18.7 Å². The van der Waals surface area contributed by atoms with E-state index >= 15 is 0 Å². The van der Waals surface area contributed by atoms with Gasteiger partial charge >= 0.3 is 0 Å². The molecule has 0 aliphatic carbocycles. The molecule has 2 rings (SSSR count). The van der Waals surface area contributed by atoms with Crippen LogP contribution >= 0.6 is 0 Å². The Morgan fingerprint density at radius 3 is 2.76 bits per heavy atom. The number of hydrogen-bond acceptors (Lipinski definition) is 3. The fraction of sp³-hybridized carbons (Fsp3) is 0.538. The summed E-state index contributed by atoms with van der Waals surface area (Å²) in [7, 11) is 2.04. The van der Waals surface area contributed by atoms with E-state index in [1.807, 2.05) is 19.3 Å². The average Bonchev–Trinajstić information content (AvgIpc) is 2.64. The minimum Gasteiger partial charge on any atom is -0.330 e. The highest BCUT2D eigenvalue weighted by Gasteiger charge is 2.18. The highest BCUT2D eigenvalue weighted by atomic mass is 15.1. The summed E-state index contributed by atoms with van der Waals surface area (Å²) >= 11 is 0. The second kappa shape index (κ2) is 4.84. The first-order valence-corrected chi connectivity index (χ1v) is 6.10. The van der Waals surface area contributed by atoms with Gasteiger partial charge in [0.1, 0.15) is 5.82 Å². The molecule has 2 aromatic heterocycles. The molecule has 2 aromatic rings. The van der Waals surface area contributed by atoms with Gasteiger partial charge in [0.05, 0.1) is 17.2 Å². The number of aromatic nitrogens is 3. The van der Waals surface area contributed by atoms with Crippen LogP contribution in [0.3, 0.4) is 0 Å². The van der Waals surface area contributed by atoms with Crippen molar-refractivity contribution in [1.82, 2.24) is 14.5 Å². The Kier molecular flexibility index (Phi) is 3.43. The van der Waals surface area contributed by atoms with Crippen molar-refractivity contribution >= 4 is 11.0 Å². The largest absolute Gasteiger partial charge is 0.330 e. The van der Waals surface area contributed by atoms with E-state index in [2.05, 4.69) is 28.4 Å². The number of nitrogens with two attached hydrogens (primary N) is 1. The SMILES string of the molecule is CC(C)CC(CN)c1nc2ccncc2n1C. The summed E-state index contributed by atoms with van der Waals surface area (Å²) in [5.74, 6) is 2.03. The maximum Gasteiger partial charge on any atom is 0.114 e. The molecule has 0 saturated heterocycles. The van der Waals surface area contributed by atoms with Gasteiger partial charge in [0.25, 0.3) is 0 Å². The Balaban J connectivity index is 2.43. The van der Waals surface area contributed by atoms with Crippen LogP contribution in [0.4, 0.5) is 0 Å². The first kappa shape index (κ1) is 12.0. The van der Waals surface area contributed by atoms with Crippen LogP contribution in [0.15, 0.2) is 18.5 Å². The van der Waals surface area contributed by atoms with Crippen molar-refractivity contribution in [3.63, 3.8) is 0 Å². The third-order valence-electron chi connectivity index (χ3n) is 3.12. The van der Waals surface area contributed by atoms with Gasteiger partial charge in [-0.05, 0) is 18.4 Å². The average molecular weight is 232 g/mol. The minimum absolute atomic E-state index is 0.326. The van der Waals surface area contributed by atoms with E-state index in [1.54, 1.807) is 6.20 Å². The smallest absolute Gasteiger partial charge is 0.114 e. The van der Waals surface area contributed by atoms with E-state index in [-0.39, 0.29) is 0 Å². The molecule has 17 heavy (non-hydrogen) atoms. The molecular formula is C13H20N4. The summed E-state index contributed by atoms with van der Waals surface area (Å²) in [6.07, 6.45) is 4.70.